The Morgan fingerprint density at radius 1 is 1.02 bits per heavy atom. The third kappa shape index (κ3) is 4.78. The summed E-state index contributed by atoms with van der Waals surface area (Å²) in [7, 11) is 1.53. The lowest BCUT2D eigenvalue weighted by molar-refractivity contribution is -0.141. The number of benzene rings is 1. The van der Waals surface area contributed by atoms with Crippen LogP contribution in [-0.2, 0) is 12.7 Å². The topological polar surface area (TPSA) is 95.7 Å². The van der Waals surface area contributed by atoms with Crippen molar-refractivity contribution in [1.82, 2.24) is 29.5 Å². The molecule has 0 spiro atoms. The van der Waals surface area contributed by atoms with Crippen molar-refractivity contribution in [2.24, 2.45) is 0 Å². The summed E-state index contributed by atoms with van der Waals surface area (Å²) in [5.41, 5.74) is 2.99. The highest BCUT2D eigenvalue weighted by atomic mass is 19.4. The third-order valence-electron chi connectivity index (χ3n) is 6.89. The lowest BCUT2D eigenvalue weighted by Gasteiger charge is -2.14. The van der Waals surface area contributed by atoms with Gasteiger partial charge in [0.1, 0.15) is 23.2 Å². The van der Waals surface area contributed by atoms with Crippen LogP contribution in [0, 0.1) is 6.92 Å². The predicted molar refractivity (Wildman–Crippen MR) is 142 cm³/mol. The van der Waals surface area contributed by atoms with Crippen LogP contribution in [0.5, 0.6) is 5.88 Å². The van der Waals surface area contributed by atoms with Gasteiger partial charge in [-0.2, -0.15) is 13.2 Å². The second-order valence-electron chi connectivity index (χ2n) is 9.70. The Balaban J connectivity index is 1.40. The molecule has 0 N–H and O–H groups in total. The fourth-order valence-corrected chi connectivity index (χ4v) is 4.79. The molecule has 202 valence electrons. The number of ether oxygens (including phenoxy) is 1. The van der Waals surface area contributed by atoms with Crippen molar-refractivity contribution in [3.63, 3.8) is 0 Å². The van der Waals surface area contributed by atoms with Gasteiger partial charge in [-0.3, -0.25) is 9.36 Å². The van der Waals surface area contributed by atoms with E-state index in [1.807, 2.05) is 6.07 Å². The number of halogens is 3. The van der Waals surface area contributed by atoms with Crippen LogP contribution in [0.15, 0.2) is 65.8 Å². The highest BCUT2D eigenvalue weighted by Gasteiger charge is 2.33. The van der Waals surface area contributed by atoms with Crippen LogP contribution >= 0.6 is 0 Å². The molecule has 0 bridgehead atoms. The fourth-order valence-electron chi connectivity index (χ4n) is 4.79. The van der Waals surface area contributed by atoms with Crippen LogP contribution in [0.4, 0.5) is 13.2 Å². The van der Waals surface area contributed by atoms with Crippen LogP contribution in [-0.4, -0.2) is 36.6 Å². The van der Waals surface area contributed by atoms with E-state index in [1.165, 1.54) is 25.6 Å². The van der Waals surface area contributed by atoms with Gasteiger partial charge in [0.25, 0.3) is 5.56 Å². The predicted octanol–water partition coefficient (Wildman–Crippen LogP) is 5.57. The SMILES string of the molecule is COc1ncnc(C2CC2)c1-c1ncc2ccc(=O)n(Cc3ccc(-c4cccc(C(F)(F)F)n4)c(C)c3)c2n1. The third-order valence-corrected chi connectivity index (χ3v) is 6.89. The summed E-state index contributed by atoms with van der Waals surface area (Å²) in [4.78, 5) is 34.9. The Morgan fingerprint density at radius 3 is 2.58 bits per heavy atom. The molecule has 1 saturated carbocycles. The number of rotatable bonds is 6. The number of pyridine rings is 2. The Bertz CT molecular complexity index is 1810. The van der Waals surface area contributed by atoms with Gasteiger partial charge in [0, 0.05) is 29.1 Å². The van der Waals surface area contributed by atoms with Crippen LogP contribution in [0.25, 0.3) is 33.7 Å². The van der Waals surface area contributed by atoms with E-state index in [-0.39, 0.29) is 23.7 Å². The summed E-state index contributed by atoms with van der Waals surface area (Å²) >= 11 is 0. The molecule has 8 nitrogen and oxygen atoms in total. The number of methoxy groups -OCH3 is 1. The molecule has 1 fully saturated rings. The molecule has 1 aliphatic carbocycles. The number of aromatic nitrogens is 6. The summed E-state index contributed by atoms with van der Waals surface area (Å²) < 4.78 is 46.6. The summed E-state index contributed by atoms with van der Waals surface area (Å²) in [5, 5.41) is 0.675. The average Bonchev–Trinajstić information content (AvgIpc) is 3.79. The van der Waals surface area contributed by atoms with Crippen molar-refractivity contribution in [3.05, 3.63) is 93.9 Å². The van der Waals surface area contributed by atoms with Crippen molar-refractivity contribution in [1.29, 1.82) is 0 Å². The van der Waals surface area contributed by atoms with Crippen molar-refractivity contribution in [3.8, 4) is 28.5 Å². The molecule has 0 amide bonds. The molecule has 40 heavy (non-hydrogen) atoms. The molecule has 0 radical (unpaired) electrons. The minimum absolute atomic E-state index is 0.196. The first kappa shape index (κ1) is 25.6. The molecule has 1 aromatic carbocycles. The summed E-state index contributed by atoms with van der Waals surface area (Å²) in [6.45, 7) is 2.00. The molecule has 0 aliphatic heterocycles. The van der Waals surface area contributed by atoms with Crippen molar-refractivity contribution in [2.45, 2.75) is 38.4 Å². The number of hydrogen-bond donors (Lipinski definition) is 0. The van der Waals surface area contributed by atoms with Crippen LogP contribution < -0.4 is 10.3 Å². The van der Waals surface area contributed by atoms with E-state index < -0.39 is 11.9 Å². The van der Waals surface area contributed by atoms with Gasteiger partial charge in [0.2, 0.25) is 5.88 Å². The highest BCUT2D eigenvalue weighted by molar-refractivity contribution is 5.78. The van der Waals surface area contributed by atoms with Crippen LogP contribution in [0.2, 0.25) is 0 Å². The maximum absolute atomic E-state index is 13.2. The Kier molecular flexibility index (Phi) is 6.28. The first-order valence-corrected chi connectivity index (χ1v) is 12.6. The van der Waals surface area contributed by atoms with E-state index >= 15 is 0 Å². The van der Waals surface area contributed by atoms with Crippen LogP contribution in [0.3, 0.4) is 0 Å². The largest absolute Gasteiger partial charge is 0.480 e. The quantitative estimate of drug-likeness (QED) is 0.276. The smallest absolute Gasteiger partial charge is 0.433 e. The maximum atomic E-state index is 13.2. The monoisotopic (exact) mass is 544 g/mol. The van der Waals surface area contributed by atoms with Crippen LogP contribution in [0.1, 0.15) is 41.3 Å². The number of aryl methyl sites for hydroxylation is 1. The van der Waals surface area contributed by atoms with E-state index in [9.17, 15) is 18.0 Å². The first-order valence-electron chi connectivity index (χ1n) is 12.6. The lowest BCUT2D eigenvalue weighted by atomic mass is 10.0. The fraction of sp³-hybridized carbons (Fsp3) is 0.241. The van der Waals surface area contributed by atoms with Gasteiger partial charge in [-0.25, -0.2) is 24.9 Å². The molecule has 0 atom stereocenters. The lowest BCUT2D eigenvalue weighted by Crippen LogP contribution is -2.21. The highest BCUT2D eigenvalue weighted by Crippen LogP contribution is 2.44. The van der Waals surface area contributed by atoms with E-state index in [0.717, 1.165) is 35.7 Å². The zero-order chi connectivity index (χ0) is 28.0. The molecule has 0 unspecified atom stereocenters. The van der Waals surface area contributed by atoms with Gasteiger partial charge < -0.3 is 4.74 Å². The first-order chi connectivity index (χ1) is 19.2. The summed E-state index contributed by atoms with van der Waals surface area (Å²) in [5.74, 6) is 1.03. The summed E-state index contributed by atoms with van der Waals surface area (Å²) in [6.07, 6.45) is 0.612. The summed E-state index contributed by atoms with van der Waals surface area (Å²) in [6, 6.07) is 12.3. The minimum Gasteiger partial charge on any atom is -0.480 e. The molecule has 6 rings (SSSR count). The van der Waals surface area contributed by atoms with Gasteiger partial charge in [0.15, 0.2) is 5.82 Å². The second-order valence-corrected chi connectivity index (χ2v) is 9.70. The molecule has 5 aromatic rings. The standard InChI is InChI=1S/C29H23F3N6O2/c1-16-12-17(6-10-20(16)21-4-3-5-22(36-21)29(30,31)32)14-38-23(39)11-9-19-13-33-26(37-27(19)38)24-25(18-7-8-18)34-15-35-28(24)40-2/h3-6,9-13,15,18H,7-8,14H2,1-2H3. The van der Waals surface area contributed by atoms with Gasteiger partial charge in [-0.05, 0) is 49.1 Å². The van der Waals surface area contributed by atoms with E-state index in [0.29, 0.717) is 33.9 Å². The van der Waals surface area contributed by atoms with E-state index in [4.69, 9.17) is 9.72 Å². The molecular weight excluding hydrogens is 521 g/mol. The maximum Gasteiger partial charge on any atom is 0.433 e. The minimum atomic E-state index is -4.53. The number of nitrogens with zero attached hydrogens (tertiary/aromatic N) is 6. The van der Waals surface area contributed by atoms with Gasteiger partial charge in [-0.15, -0.1) is 0 Å². The normalized spacial score (nSPS) is 13.5. The molecular formula is C29H23F3N6O2. The van der Waals surface area contributed by atoms with Gasteiger partial charge in [-0.1, -0.05) is 24.3 Å². The van der Waals surface area contributed by atoms with Crippen molar-refractivity contribution >= 4 is 11.0 Å². The van der Waals surface area contributed by atoms with Crippen molar-refractivity contribution in [2.75, 3.05) is 7.11 Å². The number of fused-ring (bicyclic) bond motifs is 1. The second kappa shape index (κ2) is 9.82. The van der Waals surface area contributed by atoms with Gasteiger partial charge >= 0.3 is 6.18 Å². The molecule has 11 heteroatoms. The zero-order valence-electron chi connectivity index (χ0n) is 21.6. The van der Waals surface area contributed by atoms with Gasteiger partial charge in [0.05, 0.1) is 25.0 Å². The van der Waals surface area contributed by atoms with E-state index in [1.54, 1.807) is 42.0 Å². The molecule has 4 heterocycles. The molecule has 4 aromatic heterocycles. The van der Waals surface area contributed by atoms with Crippen molar-refractivity contribution < 1.29 is 17.9 Å². The number of alkyl halides is 3. The van der Waals surface area contributed by atoms with E-state index in [2.05, 4.69) is 19.9 Å². The Labute approximate surface area is 226 Å². The Hall–Kier alpha value is -4.67. The molecule has 1 aliphatic rings. The average molecular weight is 545 g/mol. The molecule has 0 saturated heterocycles. The Morgan fingerprint density at radius 2 is 1.85 bits per heavy atom. The zero-order valence-corrected chi connectivity index (χ0v) is 21.6. The number of hydrogen-bond acceptors (Lipinski definition) is 7.